The van der Waals surface area contributed by atoms with Gasteiger partial charge in [-0.15, -0.1) is 0 Å². The minimum absolute atomic E-state index is 0.160. The van der Waals surface area contributed by atoms with Gasteiger partial charge < -0.3 is 4.74 Å². The Morgan fingerprint density at radius 3 is 2.83 bits per heavy atom. The van der Waals surface area contributed by atoms with Gasteiger partial charge in [0.1, 0.15) is 5.92 Å². The highest BCUT2D eigenvalue weighted by molar-refractivity contribution is 7.08. The van der Waals surface area contributed by atoms with Gasteiger partial charge >= 0.3 is 5.97 Å². The second-order valence-corrected chi connectivity index (χ2v) is 6.82. The molecule has 2 atom stereocenters. The molecule has 0 N–H and O–H groups in total. The van der Waals surface area contributed by atoms with Crippen LogP contribution in [-0.2, 0) is 14.3 Å². The van der Waals surface area contributed by atoms with Gasteiger partial charge in [0, 0.05) is 5.92 Å². The van der Waals surface area contributed by atoms with Gasteiger partial charge in [-0.05, 0) is 59.9 Å². The lowest BCUT2D eigenvalue weighted by Gasteiger charge is -2.29. The van der Waals surface area contributed by atoms with Gasteiger partial charge in [0.15, 0.2) is 5.78 Å². The summed E-state index contributed by atoms with van der Waals surface area (Å²) in [5, 5.41) is 4.04. The Balaban J connectivity index is 2.02. The molecule has 0 unspecified atom stereocenters. The van der Waals surface area contributed by atoms with Gasteiger partial charge in [-0.1, -0.05) is 29.8 Å². The second-order valence-electron chi connectivity index (χ2n) is 6.04. The van der Waals surface area contributed by atoms with E-state index in [9.17, 15) is 9.59 Å². The van der Waals surface area contributed by atoms with Crippen molar-refractivity contribution in [2.45, 2.75) is 26.2 Å². The Labute approximate surface area is 146 Å². The zero-order valence-electron chi connectivity index (χ0n) is 13.8. The van der Waals surface area contributed by atoms with Crippen LogP contribution < -0.4 is 0 Å². The summed E-state index contributed by atoms with van der Waals surface area (Å²) in [5.41, 5.74) is 4.19. The zero-order chi connectivity index (χ0) is 17.1. The zero-order valence-corrected chi connectivity index (χ0v) is 14.6. The average Bonchev–Trinajstić information content (AvgIpc) is 3.08. The Hall–Kier alpha value is -2.20. The van der Waals surface area contributed by atoms with Gasteiger partial charge in [0.25, 0.3) is 0 Å². The third-order valence-electron chi connectivity index (χ3n) is 4.37. The lowest BCUT2D eigenvalue weighted by atomic mass is 9.73. The molecule has 0 aliphatic heterocycles. The molecule has 1 aliphatic rings. The normalized spacial score (nSPS) is 20.6. The van der Waals surface area contributed by atoms with Crippen LogP contribution in [0.4, 0.5) is 0 Å². The minimum atomic E-state index is -0.755. The molecule has 0 bridgehead atoms. The molecule has 3 nitrogen and oxygen atoms in total. The summed E-state index contributed by atoms with van der Waals surface area (Å²) < 4.78 is 5.17. The van der Waals surface area contributed by atoms with Crippen LogP contribution in [-0.4, -0.2) is 18.4 Å². The van der Waals surface area contributed by atoms with E-state index in [-0.39, 0.29) is 18.3 Å². The van der Waals surface area contributed by atoms with E-state index in [1.807, 2.05) is 41.9 Å². The Bertz CT molecular complexity index is 774. The fraction of sp³-hybridized carbons (Fsp3) is 0.300. The number of carbonyl (C=O) groups is 2. The summed E-state index contributed by atoms with van der Waals surface area (Å²) in [6.07, 6.45) is 2.28. The van der Waals surface area contributed by atoms with E-state index in [1.165, 1.54) is 0 Å². The molecule has 0 saturated carbocycles. The first-order valence-electron chi connectivity index (χ1n) is 8.10. The maximum absolute atomic E-state index is 12.7. The van der Waals surface area contributed by atoms with Crippen molar-refractivity contribution in [3.05, 3.63) is 63.9 Å². The standard InChI is InChI=1S/C20H20O3S/c1-3-23-20(22)19-17(14-6-4-5-13(2)9-14)10-16(11-18(19)21)15-7-8-24-12-15/h4-9,11-12,17,19H,3,10H2,1-2H3/t17-,19+/m1/s1. The third kappa shape index (κ3) is 3.34. The monoisotopic (exact) mass is 340 g/mol. The molecule has 1 heterocycles. The molecule has 1 aromatic heterocycles. The second kappa shape index (κ2) is 7.14. The number of aryl methyl sites for hydroxylation is 1. The summed E-state index contributed by atoms with van der Waals surface area (Å²) in [5.74, 6) is -1.52. The molecule has 0 saturated heterocycles. The molecule has 0 radical (unpaired) electrons. The van der Waals surface area contributed by atoms with Crippen LogP contribution >= 0.6 is 11.3 Å². The first-order valence-corrected chi connectivity index (χ1v) is 9.04. The number of hydrogen-bond acceptors (Lipinski definition) is 4. The van der Waals surface area contributed by atoms with Crippen LogP contribution in [0.5, 0.6) is 0 Å². The van der Waals surface area contributed by atoms with Crippen molar-refractivity contribution in [3.8, 4) is 0 Å². The summed E-state index contributed by atoms with van der Waals surface area (Å²) >= 11 is 1.61. The van der Waals surface area contributed by atoms with Crippen LogP contribution in [0.2, 0.25) is 0 Å². The van der Waals surface area contributed by atoms with E-state index >= 15 is 0 Å². The third-order valence-corrected chi connectivity index (χ3v) is 5.05. The first-order chi connectivity index (χ1) is 11.6. The first kappa shape index (κ1) is 16.7. The van der Waals surface area contributed by atoms with E-state index < -0.39 is 11.9 Å². The molecular formula is C20H20O3S. The molecule has 24 heavy (non-hydrogen) atoms. The van der Waals surface area contributed by atoms with Crippen molar-refractivity contribution in [2.75, 3.05) is 6.61 Å². The van der Waals surface area contributed by atoms with Crippen LogP contribution in [0.15, 0.2) is 47.2 Å². The highest BCUT2D eigenvalue weighted by atomic mass is 32.1. The number of esters is 1. The van der Waals surface area contributed by atoms with E-state index in [1.54, 1.807) is 24.3 Å². The molecule has 0 amide bonds. The minimum Gasteiger partial charge on any atom is -0.465 e. The van der Waals surface area contributed by atoms with Crippen molar-refractivity contribution in [1.82, 2.24) is 0 Å². The van der Waals surface area contributed by atoms with Crippen molar-refractivity contribution >= 4 is 28.7 Å². The Kier molecular flexibility index (Phi) is 4.95. The topological polar surface area (TPSA) is 43.4 Å². The van der Waals surface area contributed by atoms with Gasteiger partial charge in [0.2, 0.25) is 0 Å². The van der Waals surface area contributed by atoms with Crippen molar-refractivity contribution in [2.24, 2.45) is 5.92 Å². The number of rotatable bonds is 4. The van der Waals surface area contributed by atoms with Crippen molar-refractivity contribution < 1.29 is 14.3 Å². The van der Waals surface area contributed by atoms with Gasteiger partial charge in [-0.25, -0.2) is 0 Å². The number of hydrogen-bond donors (Lipinski definition) is 0. The highest BCUT2D eigenvalue weighted by Gasteiger charge is 2.39. The molecule has 1 aliphatic carbocycles. The lowest BCUT2D eigenvalue weighted by molar-refractivity contribution is -0.151. The number of ketones is 1. The number of thiophene rings is 1. The summed E-state index contributed by atoms with van der Waals surface area (Å²) in [6, 6.07) is 10.1. The predicted octanol–water partition coefficient (Wildman–Crippen LogP) is 4.38. The van der Waals surface area contributed by atoms with Crippen LogP contribution in [0.1, 0.15) is 36.0 Å². The van der Waals surface area contributed by atoms with E-state index in [0.29, 0.717) is 6.42 Å². The number of carbonyl (C=O) groups excluding carboxylic acids is 2. The van der Waals surface area contributed by atoms with Gasteiger partial charge in [-0.3, -0.25) is 9.59 Å². The van der Waals surface area contributed by atoms with E-state index in [2.05, 4.69) is 6.07 Å². The number of benzene rings is 1. The van der Waals surface area contributed by atoms with E-state index in [4.69, 9.17) is 4.74 Å². The number of allylic oxidation sites excluding steroid dienone is 2. The molecule has 4 heteroatoms. The summed E-state index contributed by atoms with van der Waals surface area (Å²) in [6.45, 7) is 4.06. The fourth-order valence-electron chi connectivity index (χ4n) is 3.25. The molecule has 0 spiro atoms. The average molecular weight is 340 g/mol. The molecule has 3 rings (SSSR count). The lowest BCUT2D eigenvalue weighted by Crippen LogP contribution is -2.34. The fourth-order valence-corrected chi connectivity index (χ4v) is 3.93. The van der Waals surface area contributed by atoms with Crippen LogP contribution in [0.3, 0.4) is 0 Å². The van der Waals surface area contributed by atoms with Crippen molar-refractivity contribution in [3.63, 3.8) is 0 Å². The van der Waals surface area contributed by atoms with E-state index in [0.717, 1.165) is 22.3 Å². The predicted molar refractivity (Wildman–Crippen MR) is 96.0 cm³/mol. The molecule has 1 aromatic carbocycles. The molecule has 0 fully saturated rings. The smallest absolute Gasteiger partial charge is 0.317 e. The van der Waals surface area contributed by atoms with Gasteiger partial charge in [0.05, 0.1) is 6.61 Å². The SMILES string of the molecule is CCOC(=O)[C@@H]1C(=O)C=C(c2ccsc2)C[C@@H]1c1cccc(C)c1. The molecule has 124 valence electrons. The van der Waals surface area contributed by atoms with Crippen LogP contribution in [0.25, 0.3) is 5.57 Å². The quantitative estimate of drug-likeness (QED) is 0.613. The highest BCUT2D eigenvalue weighted by Crippen LogP contribution is 2.40. The summed E-state index contributed by atoms with van der Waals surface area (Å²) in [7, 11) is 0. The maximum atomic E-state index is 12.7. The largest absolute Gasteiger partial charge is 0.465 e. The number of ether oxygens (including phenoxy) is 1. The Morgan fingerprint density at radius 2 is 2.17 bits per heavy atom. The van der Waals surface area contributed by atoms with Crippen LogP contribution in [0, 0.1) is 12.8 Å². The summed E-state index contributed by atoms with van der Waals surface area (Å²) in [4.78, 5) is 25.1. The maximum Gasteiger partial charge on any atom is 0.317 e. The Morgan fingerprint density at radius 1 is 1.33 bits per heavy atom. The van der Waals surface area contributed by atoms with Gasteiger partial charge in [-0.2, -0.15) is 11.3 Å². The van der Waals surface area contributed by atoms with Crippen molar-refractivity contribution in [1.29, 1.82) is 0 Å². The molecule has 2 aromatic rings. The molecular weight excluding hydrogens is 320 g/mol.